The van der Waals surface area contributed by atoms with Crippen molar-refractivity contribution in [3.05, 3.63) is 0 Å². The van der Waals surface area contributed by atoms with Crippen LogP contribution in [0.4, 0.5) is 4.79 Å². The minimum absolute atomic E-state index is 0.0283. The van der Waals surface area contributed by atoms with Crippen molar-refractivity contribution in [1.82, 2.24) is 4.90 Å². The molecule has 1 saturated carbocycles. The Morgan fingerprint density at radius 2 is 1.89 bits per heavy atom. The summed E-state index contributed by atoms with van der Waals surface area (Å²) >= 11 is 0. The van der Waals surface area contributed by atoms with Gasteiger partial charge in [0.2, 0.25) is 0 Å². The highest BCUT2D eigenvalue weighted by molar-refractivity contribution is 5.66. The predicted octanol–water partition coefficient (Wildman–Crippen LogP) is 3.50. The molecular formula is C15H27NO3. The number of amides is 1. The zero-order valence-corrected chi connectivity index (χ0v) is 12.4. The lowest BCUT2D eigenvalue weighted by molar-refractivity contribution is 0.0472. The van der Waals surface area contributed by atoms with Crippen LogP contribution >= 0.6 is 0 Å². The Labute approximate surface area is 116 Å². The fraction of sp³-hybridized carbons (Fsp3) is 0.933. The number of epoxide rings is 1. The van der Waals surface area contributed by atoms with Crippen LogP contribution in [-0.4, -0.2) is 40.4 Å². The molecule has 0 unspecified atom stereocenters. The maximum Gasteiger partial charge on any atom is 0.408 e. The van der Waals surface area contributed by atoms with E-state index in [2.05, 4.69) is 0 Å². The normalized spacial score (nSPS) is 25.9. The van der Waals surface area contributed by atoms with Gasteiger partial charge in [-0.05, 0) is 33.1 Å². The Bertz CT molecular complexity index is 314. The molecule has 1 saturated heterocycles. The summed E-state index contributed by atoms with van der Waals surface area (Å²) < 4.78 is 5.43. The number of hydrogen-bond acceptors (Lipinski definition) is 2. The van der Waals surface area contributed by atoms with Gasteiger partial charge in [-0.2, -0.15) is 0 Å². The summed E-state index contributed by atoms with van der Waals surface area (Å²) in [4.78, 5) is 13.3. The van der Waals surface area contributed by atoms with Gasteiger partial charge in [-0.3, -0.25) is 4.90 Å². The average molecular weight is 269 g/mol. The Hall–Kier alpha value is -0.770. The Morgan fingerprint density at radius 3 is 2.32 bits per heavy atom. The summed E-state index contributed by atoms with van der Waals surface area (Å²) in [7, 11) is 0. The van der Waals surface area contributed by atoms with Gasteiger partial charge in [-0.25, -0.2) is 4.79 Å². The monoisotopic (exact) mass is 269 g/mol. The number of rotatable bonds is 4. The van der Waals surface area contributed by atoms with Crippen molar-refractivity contribution in [2.75, 3.05) is 6.61 Å². The largest absolute Gasteiger partial charge is 0.465 e. The standard InChI is InChI=1S/C15H27NO3/c1-15(2,3)16(14(17)18)12(13-10-19-13)9-11-7-5-4-6-8-11/h11-13H,4-10H2,1-3H3,(H,17,18)/t12-,13+/m0/s1. The summed E-state index contributed by atoms with van der Waals surface area (Å²) in [5.41, 5.74) is -0.364. The van der Waals surface area contributed by atoms with Gasteiger partial charge in [-0.15, -0.1) is 0 Å². The van der Waals surface area contributed by atoms with Gasteiger partial charge in [0.1, 0.15) is 6.10 Å². The molecule has 0 aromatic heterocycles. The van der Waals surface area contributed by atoms with E-state index in [-0.39, 0.29) is 17.7 Å². The first-order valence-electron chi connectivity index (χ1n) is 7.53. The van der Waals surface area contributed by atoms with Crippen molar-refractivity contribution in [2.45, 2.75) is 77.0 Å². The van der Waals surface area contributed by atoms with Crippen molar-refractivity contribution < 1.29 is 14.6 Å². The average Bonchev–Trinajstić information content (AvgIpc) is 3.10. The zero-order chi connectivity index (χ0) is 14.0. The first kappa shape index (κ1) is 14.6. The Morgan fingerprint density at radius 1 is 1.32 bits per heavy atom. The molecule has 2 rings (SSSR count). The highest BCUT2D eigenvalue weighted by atomic mass is 16.6. The van der Waals surface area contributed by atoms with E-state index in [1.54, 1.807) is 4.90 Å². The molecule has 2 fully saturated rings. The van der Waals surface area contributed by atoms with Gasteiger partial charge in [0.25, 0.3) is 0 Å². The van der Waals surface area contributed by atoms with Crippen molar-refractivity contribution >= 4 is 6.09 Å². The summed E-state index contributed by atoms with van der Waals surface area (Å²) in [6.07, 6.45) is 6.71. The van der Waals surface area contributed by atoms with Crippen LogP contribution in [0, 0.1) is 5.92 Å². The third kappa shape index (κ3) is 3.85. The van der Waals surface area contributed by atoms with Crippen LogP contribution in [0.1, 0.15) is 59.3 Å². The van der Waals surface area contributed by atoms with Crippen LogP contribution in [0.5, 0.6) is 0 Å². The number of carboxylic acid groups (broad SMARTS) is 1. The molecule has 19 heavy (non-hydrogen) atoms. The highest BCUT2D eigenvalue weighted by Crippen LogP contribution is 2.35. The van der Waals surface area contributed by atoms with Gasteiger partial charge in [0.05, 0.1) is 12.6 Å². The van der Waals surface area contributed by atoms with E-state index in [0.717, 1.165) is 13.0 Å². The topological polar surface area (TPSA) is 53.1 Å². The van der Waals surface area contributed by atoms with E-state index in [4.69, 9.17) is 4.74 Å². The maximum absolute atomic E-state index is 11.6. The molecular weight excluding hydrogens is 242 g/mol. The first-order chi connectivity index (χ1) is 8.89. The van der Waals surface area contributed by atoms with Crippen molar-refractivity contribution in [1.29, 1.82) is 0 Å². The third-order valence-electron chi connectivity index (χ3n) is 4.35. The molecule has 1 N–H and O–H groups in total. The summed E-state index contributed by atoms with van der Waals surface area (Å²) in [6.45, 7) is 6.63. The predicted molar refractivity (Wildman–Crippen MR) is 74.3 cm³/mol. The highest BCUT2D eigenvalue weighted by Gasteiger charge is 2.44. The molecule has 2 atom stereocenters. The molecule has 4 nitrogen and oxygen atoms in total. The SMILES string of the molecule is CC(C)(C)N(C(=O)O)[C@@H](CC1CCCCC1)[C@H]1CO1. The smallest absolute Gasteiger partial charge is 0.408 e. The van der Waals surface area contributed by atoms with Crippen molar-refractivity contribution in [3.63, 3.8) is 0 Å². The van der Waals surface area contributed by atoms with Crippen molar-refractivity contribution in [3.8, 4) is 0 Å². The molecule has 1 aliphatic heterocycles. The summed E-state index contributed by atoms with van der Waals surface area (Å²) in [6, 6.07) is 0.0283. The van der Waals surface area contributed by atoms with E-state index >= 15 is 0 Å². The van der Waals surface area contributed by atoms with Gasteiger partial charge in [-0.1, -0.05) is 32.1 Å². The molecule has 0 bridgehead atoms. The number of hydrogen-bond donors (Lipinski definition) is 1. The molecule has 1 amide bonds. The van der Waals surface area contributed by atoms with Gasteiger partial charge in [0.15, 0.2) is 0 Å². The number of carbonyl (C=O) groups is 1. The first-order valence-corrected chi connectivity index (χ1v) is 7.53. The van der Waals surface area contributed by atoms with Crippen LogP contribution in [0.2, 0.25) is 0 Å². The van der Waals surface area contributed by atoms with E-state index in [1.807, 2.05) is 20.8 Å². The van der Waals surface area contributed by atoms with Crippen LogP contribution in [0.25, 0.3) is 0 Å². The fourth-order valence-corrected chi connectivity index (χ4v) is 3.39. The zero-order valence-electron chi connectivity index (χ0n) is 12.4. The Kier molecular flexibility index (Phi) is 4.39. The number of nitrogens with zero attached hydrogens (tertiary/aromatic N) is 1. The lowest BCUT2D eigenvalue weighted by Crippen LogP contribution is -2.54. The maximum atomic E-state index is 11.6. The molecule has 1 heterocycles. The minimum Gasteiger partial charge on any atom is -0.465 e. The fourth-order valence-electron chi connectivity index (χ4n) is 3.39. The van der Waals surface area contributed by atoms with Gasteiger partial charge >= 0.3 is 6.09 Å². The molecule has 2 aliphatic rings. The molecule has 0 radical (unpaired) electrons. The van der Waals surface area contributed by atoms with Gasteiger partial charge in [0, 0.05) is 5.54 Å². The van der Waals surface area contributed by atoms with E-state index in [0.29, 0.717) is 5.92 Å². The lowest BCUT2D eigenvalue weighted by atomic mass is 9.83. The lowest BCUT2D eigenvalue weighted by Gasteiger charge is -2.41. The van der Waals surface area contributed by atoms with E-state index in [1.165, 1.54) is 32.1 Å². The Balaban J connectivity index is 2.06. The van der Waals surface area contributed by atoms with E-state index < -0.39 is 6.09 Å². The summed E-state index contributed by atoms with van der Waals surface area (Å²) in [5, 5.41) is 9.56. The van der Waals surface area contributed by atoms with E-state index in [9.17, 15) is 9.90 Å². The molecule has 110 valence electrons. The molecule has 4 heteroatoms. The van der Waals surface area contributed by atoms with Crippen LogP contribution in [-0.2, 0) is 4.74 Å². The van der Waals surface area contributed by atoms with Crippen LogP contribution < -0.4 is 0 Å². The molecule has 1 aliphatic carbocycles. The number of ether oxygens (including phenoxy) is 1. The second kappa shape index (κ2) is 5.70. The van der Waals surface area contributed by atoms with Gasteiger partial charge < -0.3 is 9.84 Å². The molecule has 0 aromatic carbocycles. The second-order valence-corrected chi connectivity index (χ2v) is 7.00. The minimum atomic E-state index is -0.816. The third-order valence-corrected chi connectivity index (χ3v) is 4.35. The van der Waals surface area contributed by atoms with Crippen LogP contribution in [0.3, 0.4) is 0 Å². The van der Waals surface area contributed by atoms with Crippen LogP contribution in [0.15, 0.2) is 0 Å². The van der Waals surface area contributed by atoms with Crippen molar-refractivity contribution in [2.24, 2.45) is 5.92 Å². The molecule has 0 spiro atoms. The second-order valence-electron chi connectivity index (χ2n) is 7.00. The quantitative estimate of drug-likeness (QED) is 0.795. The molecule has 0 aromatic rings. The summed E-state index contributed by atoms with van der Waals surface area (Å²) in [5.74, 6) is 0.673.